The van der Waals surface area contributed by atoms with Gasteiger partial charge in [-0.2, -0.15) is 5.10 Å². The zero-order valence-corrected chi connectivity index (χ0v) is 16.5. The first kappa shape index (κ1) is 18.2. The first-order chi connectivity index (χ1) is 13.3. The van der Waals surface area contributed by atoms with Gasteiger partial charge in [0.05, 0.1) is 11.1 Å². The molecule has 1 fully saturated rings. The van der Waals surface area contributed by atoms with Crippen LogP contribution in [0.2, 0.25) is 0 Å². The van der Waals surface area contributed by atoms with Gasteiger partial charge in [0, 0.05) is 23.6 Å². The number of carbonyl (C=O) groups is 1. The van der Waals surface area contributed by atoms with Crippen molar-refractivity contribution in [3.05, 3.63) is 83.7 Å². The van der Waals surface area contributed by atoms with Crippen molar-refractivity contribution in [1.82, 2.24) is 9.78 Å². The number of nitrogens with zero attached hydrogens (tertiary/aromatic N) is 2. The lowest BCUT2D eigenvalue weighted by Crippen LogP contribution is -2.12. The maximum atomic E-state index is 12.5. The standard InChI is InChI=1S/C21H21N3OS2/c25-20(17-5-7-18(8-6-17)21-26-13-2-14-27-21)23-19-9-3-16(4-10-19)15-24-12-1-11-22-24/h1,3-12,21H,2,13-15H2,(H,23,25). The zero-order valence-electron chi connectivity index (χ0n) is 14.9. The quantitative estimate of drug-likeness (QED) is 0.656. The molecule has 0 unspecified atom stereocenters. The van der Waals surface area contributed by atoms with Crippen molar-refractivity contribution in [2.45, 2.75) is 17.5 Å². The molecule has 27 heavy (non-hydrogen) atoms. The summed E-state index contributed by atoms with van der Waals surface area (Å²) >= 11 is 3.98. The molecule has 0 atom stereocenters. The van der Waals surface area contributed by atoms with E-state index in [0.29, 0.717) is 10.1 Å². The molecule has 138 valence electrons. The van der Waals surface area contributed by atoms with Crippen LogP contribution in [-0.2, 0) is 6.54 Å². The molecule has 4 rings (SSSR count). The molecule has 4 nitrogen and oxygen atoms in total. The monoisotopic (exact) mass is 395 g/mol. The van der Waals surface area contributed by atoms with E-state index in [1.54, 1.807) is 6.20 Å². The number of amides is 1. The Balaban J connectivity index is 1.36. The fourth-order valence-corrected chi connectivity index (χ4v) is 5.84. The normalized spacial score (nSPS) is 14.8. The molecule has 1 N–H and O–H groups in total. The van der Waals surface area contributed by atoms with Crippen molar-refractivity contribution in [2.24, 2.45) is 0 Å². The van der Waals surface area contributed by atoms with Crippen molar-refractivity contribution >= 4 is 35.1 Å². The van der Waals surface area contributed by atoms with Crippen LogP contribution in [0.3, 0.4) is 0 Å². The minimum atomic E-state index is -0.0784. The molecule has 1 saturated heterocycles. The van der Waals surface area contributed by atoms with Crippen LogP contribution < -0.4 is 5.32 Å². The predicted molar refractivity (Wildman–Crippen MR) is 114 cm³/mol. The Morgan fingerprint density at radius 3 is 2.48 bits per heavy atom. The molecule has 0 bridgehead atoms. The van der Waals surface area contributed by atoms with E-state index in [2.05, 4.69) is 22.5 Å². The molecule has 1 aliphatic rings. The van der Waals surface area contributed by atoms with Gasteiger partial charge in [-0.15, -0.1) is 23.5 Å². The van der Waals surface area contributed by atoms with Gasteiger partial charge < -0.3 is 5.32 Å². The topological polar surface area (TPSA) is 46.9 Å². The molecule has 1 aromatic heterocycles. The van der Waals surface area contributed by atoms with E-state index in [4.69, 9.17) is 0 Å². The van der Waals surface area contributed by atoms with E-state index in [0.717, 1.165) is 17.8 Å². The smallest absolute Gasteiger partial charge is 0.255 e. The van der Waals surface area contributed by atoms with Gasteiger partial charge in [0.15, 0.2) is 0 Å². The molecule has 1 amide bonds. The number of thioether (sulfide) groups is 2. The van der Waals surface area contributed by atoms with Gasteiger partial charge >= 0.3 is 0 Å². The Morgan fingerprint density at radius 1 is 1.07 bits per heavy atom. The molecule has 0 aliphatic carbocycles. The Labute approximate surface area is 167 Å². The summed E-state index contributed by atoms with van der Waals surface area (Å²) in [7, 11) is 0. The van der Waals surface area contributed by atoms with Crippen LogP contribution in [0.1, 0.15) is 32.5 Å². The van der Waals surface area contributed by atoms with Gasteiger partial charge in [-0.3, -0.25) is 9.48 Å². The number of nitrogens with one attached hydrogen (secondary N) is 1. The summed E-state index contributed by atoms with van der Waals surface area (Å²) in [6, 6.07) is 17.8. The Kier molecular flexibility index (Phi) is 5.84. The summed E-state index contributed by atoms with van der Waals surface area (Å²) in [5.74, 6) is 2.36. The molecule has 2 heterocycles. The third-order valence-electron chi connectivity index (χ3n) is 4.39. The molecule has 6 heteroatoms. The van der Waals surface area contributed by atoms with E-state index in [-0.39, 0.29) is 5.91 Å². The van der Waals surface area contributed by atoms with Crippen LogP contribution >= 0.6 is 23.5 Å². The number of anilines is 1. The van der Waals surface area contributed by atoms with Gasteiger partial charge in [0.1, 0.15) is 0 Å². The number of carbonyl (C=O) groups excluding carboxylic acids is 1. The third kappa shape index (κ3) is 4.76. The number of aromatic nitrogens is 2. The lowest BCUT2D eigenvalue weighted by Gasteiger charge is -2.21. The highest BCUT2D eigenvalue weighted by Crippen LogP contribution is 2.43. The summed E-state index contributed by atoms with van der Waals surface area (Å²) < 4.78 is 2.37. The summed E-state index contributed by atoms with van der Waals surface area (Å²) in [5, 5.41) is 7.18. The molecular formula is C21H21N3OS2. The summed E-state index contributed by atoms with van der Waals surface area (Å²) in [6.07, 6.45) is 4.99. The number of rotatable bonds is 5. The van der Waals surface area contributed by atoms with Crippen LogP contribution in [0.25, 0.3) is 0 Å². The lowest BCUT2D eigenvalue weighted by atomic mass is 10.1. The van der Waals surface area contributed by atoms with Gasteiger partial charge in [0.25, 0.3) is 5.91 Å². The second-order valence-electron chi connectivity index (χ2n) is 6.40. The fourth-order valence-electron chi connectivity index (χ4n) is 2.95. The number of hydrogen-bond donors (Lipinski definition) is 1. The first-order valence-electron chi connectivity index (χ1n) is 8.99. The van der Waals surface area contributed by atoms with E-state index in [9.17, 15) is 4.79 Å². The largest absolute Gasteiger partial charge is 0.322 e. The van der Waals surface area contributed by atoms with E-state index in [1.165, 1.54) is 23.5 Å². The van der Waals surface area contributed by atoms with E-state index >= 15 is 0 Å². The average Bonchev–Trinajstić information content (AvgIpc) is 3.23. The number of benzene rings is 2. The summed E-state index contributed by atoms with van der Waals surface area (Å²) in [6.45, 7) is 0.722. The van der Waals surface area contributed by atoms with Crippen LogP contribution in [0.5, 0.6) is 0 Å². The van der Waals surface area contributed by atoms with Crippen molar-refractivity contribution in [3.63, 3.8) is 0 Å². The minimum absolute atomic E-state index is 0.0784. The molecule has 0 saturated carbocycles. The van der Waals surface area contributed by atoms with Crippen LogP contribution in [-0.4, -0.2) is 27.2 Å². The van der Waals surface area contributed by atoms with Crippen molar-refractivity contribution in [2.75, 3.05) is 16.8 Å². The second-order valence-corrected chi connectivity index (χ2v) is 9.13. The zero-order chi connectivity index (χ0) is 18.5. The third-order valence-corrected chi connectivity index (χ3v) is 7.40. The SMILES string of the molecule is O=C(Nc1ccc(Cn2cccn2)cc1)c1ccc(C2SCCCS2)cc1. The fraction of sp³-hybridized carbons (Fsp3) is 0.238. The highest BCUT2D eigenvalue weighted by molar-refractivity contribution is 8.16. The second kappa shape index (κ2) is 8.67. The van der Waals surface area contributed by atoms with Crippen LogP contribution in [0.4, 0.5) is 5.69 Å². The highest BCUT2D eigenvalue weighted by atomic mass is 32.2. The number of hydrogen-bond acceptors (Lipinski definition) is 4. The molecule has 0 radical (unpaired) electrons. The first-order valence-corrected chi connectivity index (χ1v) is 11.1. The lowest BCUT2D eigenvalue weighted by molar-refractivity contribution is 0.102. The Morgan fingerprint density at radius 2 is 1.81 bits per heavy atom. The molecule has 0 spiro atoms. The van der Waals surface area contributed by atoms with Crippen molar-refractivity contribution in [1.29, 1.82) is 0 Å². The maximum absolute atomic E-state index is 12.5. The van der Waals surface area contributed by atoms with Crippen molar-refractivity contribution < 1.29 is 4.79 Å². The van der Waals surface area contributed by atoms with E-state index in [1.807, 2.05) is 76.9 Å². The predicted octanol–water partition coefficient (Wildman–Crippen LogP) is 5.05. The average molecular weight is 396 g/mol. The summed E-state index contributed by atoms with van der Waals surface area (Å²) in [5.41, 5.74) is 3.92. The maximum Gasteiger partial charge on any atom is 0.255 e. The molecule has 3 aromatic rings. The van der Waals surface area contributed by atoms with Gasteiger partial charge in [-0.1, -0.05) is 24.3 Å². The van der Waals surface area contributed by atoms with Gasteiger partial charge in [-0.05, 0) is 59.4 Å². The van der Waals surface area contributed by atoms with Crippen LogP contribution in [0.15, 0.2) is 67.0 Å². The van der Waals surface area contributed by atoms with E-state index < -0.39 is 0 Å². The van der Waals surface area contributed by atoms with Gasteiger partial charge in [0.2, 0.25) is 0 Å². The Hall–Kier alpha value is -2.18. The van der Waals surface area contributed by atoms with Crippen molar-refractivity contribution in [3.8, 4) is 0 Å². The van der Waals surface area contributed by atoms with Gasteiger partial charge in [-0.25, -0.2) is 0 Å². The molecule has 1 aliphatic heterocycles. The minimum Gasteiger partial charge on any atom is -0.322 e. The Bertz CT molecular complexity index is 871. The van der Waals surface area contributed by atoms with Crippen LogP contribution in [0, 0.1) is 0 Å². The molecular weight excluding hydrogens is 374 g/mol. The highest BCUT2D eigenvalue weighted by Gasteiger charge is 2.17. The summed E-state index contributed by atoms with van der Waals surface area (Å²) in [4.78, 5) is 12.5. The molecule has 2 aromatic carbocycles.